The van der Waals surface area contributed by atoms with Crippen LogP contribution < -0.4 is 0 Å². The van der Waals surface area contributed by atoms with E-state index in [0.29, 0.717) is 5.69 Å². The predicted molar refractivity (Wildman–Crippen MR) is 93.5 cm³/mol. The Morgan fingerprint density at radius 2 is 2.00 bits per heavy atom. The van der Waals surface area contributed by atoms with Gasteiger partial charge >= 0.3 is 5.97 Å². The molecular weight excluding hydrogens is 302 g/mol. The molecule has 2 N–H and O–H groups in total. The van der Waals surface area contributed by atoms with Crippen molar-refractivity contribution in [1.82, 2.24) is 15.0 Å². The van der Waals surface area contributed by atoms with Crippen LogP contribution in [0.3, 0.4) is 0 Å². The van der Waals surface area contributed by atoms with Gasteiger partial charge < -0.3 is 10.1 Å². The lowest BCUT2D eigenvalue weighted by atomic mass is 10.1. The Labute approximate surface area is 137 Å². The maximum atomic E-state index is 10.8. The lowest BCUT2D eigenvalue weighted by Gasteiger charge is -2.04. The lowest BCUT2D eigenvalue weighted by Crippen LogP contribution is -1.91. The second-order valence-corrected chi connectivity index (χ2v) is 5.40. The summed E-state index contributed by atoms with van der Waals surface area (Å²) in [6.07, 6.45) is 6.05. The molecule has 0 unspecified atom stereocenters. The van der Waals surface area contributed by atoms with Crippen LogP contribution >= 0.6 is 0 Å². The van der Waals surface area contributed by atoms with Crippen molar-refractivity contribution in [1.29, 1.82) is 0 Å². The number of pyridine rings is 2. The minimum Gasteiger partial charge on any atom is -0.478 e. The number of carboxylic acids is 1. The highest BCUT2D eigenvalue weighted by Crippen LogP contribution is 2.32. The Balaban J connectivity index is 2.06. The van der Waals surface area contributed by atoms with Crippen molar-refractivity contribution in [3.05, 3.63) is 66.6 Å². The summed E-state index contributed by atoms with van der Waals surface area (Å²) < 4.78 is 0. The molecule has 0 atom stereocenters. The Morgan fingerprint density at radius 3 is 2.79 bits per heavy atom. The van der Waals surface area contributed by atoms with Crippen LogP contribution in [-0.4, -0.2) is 26.0 Å². The normalized spacial score (nSPS) is 11.5. The van der Waals surface area contributed by atoms with E-state index in [1.54, 1.807) is 12.4 Å². The smallest absolute Gasteiger partial charge is 0.328 e. The highest BCUT2D eigenvalue weighted by Gasteiger charge is 2.12. The topological polar surface area (TPSA) is 78.9 Å². The quantitative estimate of drug-likeness (QED) is 0.562. The van der Waals surface area contributed by atoms with Gasteiger partial charge in [-0.1, -0.05) is 18.2 Å². The summed E-state index contributed by atoms with van der Waals surface area (Å²) in [6.45, 7) is 0. The minimum absolute atomic E-state index is 0.591. The molecular formula is C19H13N3O2. The van der Waals surface area contributed by atoms with Gasteiger partial charge in [-0.15, -0.1) is 0 Å². The number of hydrogen-bond donors (Lipinski definition) is 2. The maximum absolute atomic E-state index is 10.8. The first-order chi connectivity index (χ1) is 11.7. The van der Waals surface area contributed by atoms with Crippen LogP contribution in [0.25, 0.3) is 39.1 Å². The molecule has 0 radical (unpaired) electrons. The molecule has 0 aliphatic heterocycles. The van der Waals surface area contributed by atoms with Crippen LogP contribution in [0.4, 0.5) is 0 Å². The van der Waals surface area contributed by atoms with Gasteiger partial charge in [0.15, 0.2) is 0 Å². The third kappa shape index (κ3) is 2.42. The molecule has 24 heavy (non-hydrogen) atoms. The number of aromatic amines is 1. The Kier molecular flexibility index (Phi) is 3.31. The van der Waals surface area contributed by atoms with E-state index >= 15 is 0 Å². The third-order valence-electron chi connectivity index (χ3n) is 3.85. The molecule has 0 fully saturated rings. The summed E-state index contributed by atoms with van der Waals surface area (Å²) in [4.78, 5) is 23.0. The fourth-order valence-electron chi connectivity index (χ4n) is 2.82. The van der Waals surface area contributed by atoms with E-state index in [1.807, 2.05) is 42.5 Å². The molecule has 0 aliphatic rings. The largest absolute Gasteiger partial charge is 0.478 e. The highest BCUT2D eigenvalue weighted by molar-refractivity contribution is 6.11. The summed E-state index contributed by atoms with van der Waals surface area (Å²) in [5.74, 6) is -1.00. The van der Waals surface area contributed by atoms with Crippen LogP contribution in [0.5, 0.6) is 0 Å². The van der Waals surface area contributed by atoms with Crippen molar-refractivity contribution in [2.24, 2.45) is 0 Å². The second kappa shape index (κ2) is 5.62. The average Bonchev–Trinajstić information content (AvgIpc) is 2.99. The van der Waals surface area contributed by atoms with Crippen molar-refractivity contribution >= 4 is 33.9 Å². The number of carbonyl (C=O) groups is 1. The lowest BCUT2D eigenvalue weighted by molar-refractivity contribution is -0.131. The number of nitrogens with zero attached hydrogens (tertiary/aromatic N) is 2. The molecule has 4 rings (SSSR count). The van der Waals surface area contributed by atoms with Gasteiger partial charge in [-0.2, -0.15) is 0 Å². The van der Waals surface area contributed by atoms with Crippen LogP contribution in [0.1, 0.15) is 5.69 Å². The molecule has 0 saturated heterocycles. The van der Waals surface area contributed by atoms with Crippen molar-refractivity contribution in [3.8, 4) is 11.3 Å². The summed E-state index contributed by atoms with van der Waals surface area (Å²) in [5.41, 5.74) is 4.14. The number of aliphatic carboxylic acids is 1. The van der Waals surface area contributed by atoms with Gasteiger partial charge in [0, 0.05) is 40.3 Å². The monoisotopic (exact) mass is 315 g/mol. The molecule has 0 bridgehead atoms. The number of aromatic nitrogens is 3. The number of rotatable bonds is 3. The van der Waals surface area contributed by atoms with Gasteiger partial charge in [0.25, 0.3) is 0 Å². The number of hydrogen-bond acceptors (Lipinski definition) is 3. The molecule has 0 spiro atoms. The molecule has 5 heteroatoms. The van der Waals surface area contributed by atoms with Gasteiger partial charge in [0.2, 0.25) is 0 Å². The Bertz CT molecular complexity index is 1080. The molecule has 4 aromatic rings. The van der Waals surface area contributed by atoms with Crippen molar-refractivity contribution < 1.29 is 9.90 Å². The van der Waals surface area contributed by atoms with Crippen molar-refractivity contribution in [3.63, 3.8) is 0 Å². The zero-order chi connectivity index (χ0) is 16.5. The number of carboxylic acid groups (broad SMARTS) is 1. The van der Waals surface area contributed by atoms with E-state index < -0.39 is 5.97 Å². The first kappa shape index (κ1) is 14.1. The van der Waals surface area contributed by atoms with Crippen LogP contribution in [0, 0.1) is 0 Å². The first-order valence-corrected chi connectivity index (χ1v) is 7.45. The summed E-state index contributed by atoms with van der Waals surface area (Å²) in [7, 11) is 0. The van der Waals surface area contributed by atoms with E-state index in [4.69, 9.17) is 5.11 Å². The number of para-hydroxylation sites is 1. The minimum atomic E-state index is -1.00. The maximum Gasteiger partial charge on any atom is 0.328 e. The fraction of sp³-hybridized carbons (Fsp3) is 0. The zero-order valence-electron chi connectivity index (χ0n) is 12.6. The van der Waals surface area contributed by atoms with E-state index in [0.717, 1.165) is 39.1 Å². The molecule has 3 heterocycles. The van der Waals surface area contributed by atoms with Gasteiger partial charge in [-0.25, -0.2) is 9.78 Å². The van der Waals surface area contributed by atoms with Crippen LogP contribution in [-0.2, 0) is 4.79 Å². The number of H-pyrrole nitrogens is 1. The van der Waals surface area contributed by atoms with E-state index in [2.05, 4.69) is 15.0 Å². The Hall–Kier alpha value is -3.47. The van der Waals surface area contributed by atoms with E-state index in [9.17, 15) is 4.79 Å². The summed E-state index contributed by atoms with van der Waals surface area (Å²) >= 11 is 0. The number of fused-ring (bicyclic) bond motifs is 3. The molecule has 5 nitrogen and oxygen atoms in total. The van der Waals surface area contributed by atoms with Crippen LogP contribution in [0.15, 0.2) is 60.9 Å². The summed E-state index contributed by atoms with van der Waals surface area (Å²) in [5, 5.41) is 11.0. The molecule has 0 saturated carbocycles. The van der Waals surface area contributed by atoms with Crippen molar-refractivity contribution in [2.75, 3.05) is 0 Å². The van der Waals surface area contributed by atoms with Gasteiger partial charge in [-0.05, 0) is 30.3 Å². The zero-order valence-corrected chi connectivity index (χ0v) is 12.6. The first-order valence-electron chi connectivity index (χ1n) is 7.45. The van der Waals surface area contributed by atoms with Gasteiger partial charge in [0.1, 0.15) is 0 Å². The van der Waals surface area contributed by atoms with Crippen molar-refractivity contribution in [2.45, 2.75) is 0 Å². The Morgan fingerprint density at radius 1 is 1.12 bits per heavy atom. The molecule has 0 aliphatic carbocycles. The van der Waals surface area contributed by atoms with Crippen LogP contribution in [0.2, 0.25) is 0 Å². The SMILES string of the molecule is O=C(O)/C=C/c1cc2c([nH]c3ccccc32)c(-c2cccnc2)n1. The molecule has 116 valence electrons. The number of nitrogens with one attached hydrogen (secondary N) is 1. The average molecular weight is 315 g/mol. The molecule has 1 aromatic carbocycles. The highest BCUT2D eigenvalue weighted by atomic mass is 16.4. The summed E-state index contributed by atoms with van der Waals surface area (Å²) in [6, 6.07) is 13.7. The number of benzene rings is 1. The predicted octanol–water partition coefficient (Wildman–Crippen LogP) is 3.88. The second-order valence-electron chi connectivity index (χ2n) is 5.40. The van der Waals surface area contributed by atoms with Gasteiger partial charge in [-0.3, -0.25) is 4.98 Å². The van der Waals surface area contributed by atoms with E-state index in [-0.39, 0.29) is 0 Å². The molecule has 3 aromatic heterocycles. The standard InChI is InChI=1S/C19H13N3O2/c23-17(24)8-7-13-10-15-14-5-1-2-6-16(14)22-19(15)18(21-13)12-4-3-9-20-11-12/h1-11,22H,(H,23,24)/b8-7+. The van der Waals surface area contributed by atoms with Gasteiger partial charge in [0.05, 0.1) is 16.9 Å². The third-order valence-corrected chi connectivity index (χ3v) is 3.85. The molecule has 0 amide bonds. The fourth-order valence-corrected chi connectivity index (χ4v) is 2.82. The van der Waals surface area contributed by atoms with E-state index in [1.165, 1.54) is 6.08 Å².